The first kappa shape index (κ1) is 26.2. The van der Waals surface area contributed by atoms with Crippen molar-refractivity contribution in [2.24, 2.45) is 0 Å². The second-order valence-electron chi connectivity index (χ2n) is 8.87. The summed E-state index contributed by atoms with van der Waals surface area (Å²) in [6.07, 6.45) is 0. The Morgan fingerprint density at radius 2 is 1.53 bits per heavy atom. The molecule has 3 nitrogen and oxygen atoms in total. The summed E-state index contributed by atoms with van der Waals surface area (Å²) >= 11 is 0. The highest BCUT2D eigenvalue weighted by Gasteiger charge is 2.49. The van der Waals surface area contributed by atoms with Crippen molar-refractivity contribution in [3.05, 3.63) is 41.2 Å². The van der Waals surface area contributed by atoms with Gasteiger partial charge >= 0.3 is 15.6 Å². The predicted octanol–water partition coefficient (Wildman–Crippen LogP) is 7.09. The molecule has 0 amide bonds. The van der Waals surface area contributed by atoms with Crippen molar-refractivity contribution < 1.29 is 30.2 Å². The molecule has 0 aliphatic carbocycles. The summed E-state index contributed by atoms with van der Waals surface area (Å²) < 4.78 is 81.5. The number of alkyl halides is 3. The van der Waals surface area contributed by atoms with Crippen LogP contribution in [0, 0.1) is 24.2 Å². The highest BCUT2D eigenvalue weighted by Crippen LogP contribution is 2.41. The van der Waals surface area contributed by atoms with Gasteiger partial charge in [-0.3, -0.25) is 0 Å². The average Bonchev–Trinajstić information content (AvgIpc) is 2.63. The van der Waals surface area contributed by atoms with Gasteiger partial charge in [0.25, 0.3) is 0 Å². The quantitative estimate of drug-likeness (QED) is 0.148. The van der Waals surface area contributed by atoms with E-state index in [1.165, 1.54) is 19.1 Å². The van der Waals surface area contributed by atoms with Crippen molar-refractivity contribution >= 4 is 29.0 Å². The minimum Gasteiger partial charge on any atom is -0.372 e. The summed E-state index contributed by atoms with van der Waals surface area (Å²) in [7, 11) is -8.27. The molecule has 0 heterocycles. The van der Waals surface area contributed by atoms with Crippen LogP contribution in [0.1, 0.15) is 52.7 Å². The molecule has 0 saturated heterocycles. The molecule has 0 saturated carbocycles. The van der Waals surface area contributed by atoms with Crippen LogP contribution in [-0.2, 0) is 10.1 Å². The minimum atomic E-state index is -6.06. The number of hydrogen-bond acceptors (Lipinski definition) is 3. The smallest absolute Gasteiger partial charge is 0.372 e. The van der Waals surface area contributed by atoms with E-state index in [0.29, 0.717) is 22.0 Å². The van der Waals surface area contributed by atoms with Crippen LogP contribution < -0.4 is 4.18 Å². The number of aryl methyl sites for hydroxylation is 1. The average molecular weight is 489 g/mol. The molecule has 0 unspecified atom stereocenters. The van der Waals surface area contributed by atoms with E-state index in [1.807, 2.05) is 0 Å². The molecule has 32 heavy (non-hydrogen) atoms. The first-order chi connectivity index (χ1) is 14.6. The zero-order valence-electron chi connectivity index (χ0n) is 19.2. The summed E-state index contributed by atoms with van der Waals surface area (Å²) in [5.74, 6) is 0.928. The third-order valence-corrected chi connectivity index (χ3v) is 13.2. The maximum atomic E-state index is 14.9. The van der Waals surface area contributed by atoms with E-state index >= 15 is 0 Å². The number of hydrogen-bond donors (Lipinski definition) is 0. The largest absolute Gasteiger partial charge is 0.534 e. The van der Waals surface area contributed by atoms with E-state index in [2.05, 4.69) is 57.2 Å². The second-order valence-corrected chi connectivity index (χ2v) is 16.0. The predicted molar refractivity (Wildman–Crippen MR) is 122 cm³/mol. The molecule has 9 heteroatoms. The SMILES string of the molecule is Cc1cc2cccc(C#C[Si](C(C)C)(C(C)C)C(C)C)c2c(OS(=O)(=O)C(F)(F)F)c1F. The topological polar surface area (TPSA) is 43.4 Å². The maximum Gasteiger partial charge on any atom is 0.534 e. The first-order valence-electron chi connectivity index (χ1n) is 10.3. The van der Waals surface area contributed by atoms with Crippen LogP contribution >= 0.6 is 0 Å². The zero-order chi connectivity index (χ0) is 24.6. The Morgan fingerprint density at radius 1 is 1.00 bits per heavy atom. The Kier molecular flexibility index (Phi) is 7.42. The van der Waals surface area contributed by atoms with E-state index < -0.39 is 35.3 Å². The number of halogens is 4. The Labute approximate surface area is 188 Å². The van der Waals surface area contributed by atoms with Crippen LogP contribution in [-0.4, -0.2) is 22.0 Å². The van der Waals surface area contributed by atoms with Crippen LogP contribution in [0.2, 0.25) is 16.6 Å². The van der Waals surface area contributed by atoms with Crippen molar-refractivity contribution in [3.63, 3.8) is 0 Å². The van der Waals surface area contributed by atoms with Gasteiger partial charge in [-0.05, 0) is 46.6 Å². The molecule has 0 aliphatic rings. The van der Waals surface area contributed by atoms with Crippen LogP contribution in [0.25, 0.3) is 10.8 Å². The van der Waals surface area contributed by atoms with E-state index in [9.17, 15) is 26.0 Å². The molecule has 0 atom stereocenters. The third-order valence-electron chi connectivity index (χ3n) is 6.00. The standard InChI is InChI=1S/C23H28F4O3SSi/c1-14(2)32(15(3)4,16(5)6)12-11-18-9-8-10-19-13-17(7)21(24)22(20(18)19)30-31(28,29)23(25,26)27/h8-10,13-16H,1-7H3. The van der Waals surface area contributed by atoms with Gasteiger partial charge < -0.3 is 4.18 Å². The number of rotatable bonds is 5. The fraction of sp³-hybridized carbons (Fsp3) is 0.478. The van der Waals surface area contributed by atoms with Gasteiger partial charge in [-0.15, -0.1) is 5.54 Å². The van der Waals surface area contributed by atoms with Gasteiger partial charge in [0.15, 0.2) is 11.6 Å². The molecule has 0 aliphatic heterocycles. The lowest BCUT2D eigenvalue weighted by Gasteiger charge is -2.38. The van der Waals surface area contributed by atoms with E-state index in [4.69, 9.17) is 0 Å². The van der Waals surface area contributed by atoms with Gasteiger partial charge in [0.1, 0.15) is 8.07 Å². The number of benzene rings is 2. The normalized spacial score (nSPS) is 13.1. The molecule has 176 valence electrons. The molecule has 0 aromatic heterocycles. The van der Waals surface area contributed by atoms with Gasteiger partial charge in [0.2, 0.25) is 0 Å². The summed E-state index contributed by atoms with van der Waals surface area (Å²) in [5.41, 5.74) is -1.17. The number of fused-ring (bicyclic) bond motifs is 1. The van der Waals surface area contributed by atoms with Crippen LogP contribution in [0.5, 0.6) is 5.75 Å². The van der Waals surface area contributed by atoms with Crippen molar-refractivity contribution in [2.45, 2.75) is 70.6 Å². The van der Waals surface area contributed by atoms with Gasteiger partial charge in [-0.2, -0.15) is 21.6 Å². The Morgan fingerprint density at radius 3 is 2.00 bits per heavy atom. The minimum absolute atomic E-state index is 0.0368. The maximum absolute atomic E-state index is 14.9. The Hall–Kier alpha value is -2.05. The molecule has 0 fully saturated rings. The Balaban J connectivity index is 2.88. The lowest BCUT2D eigenvalue weighted by molar-refractivity contribution is -0.0500. The first-order valence-corrected chi connectivity index (χ1v) is 14.0. The molecule has 2 aromatic carbocycles. The van der Waals surface area contributed by atoms with Gasteiger partial charge in [-0.25, -0.2) is 4.39 Å². The van der Waals surface area contributed by atoms with E-state index in [-0.39, 0.29) is 16.5 Å². The van der Waals surface area contributed by atoms with Crippen LogP contribution in [0.3, 0.4) is 0 Å². The third kappa shape index (κ3) is 4.67. The lowest BCUT2D eigenvalue weighted by Crippen LogP contribution is -2.43. The summed E-state index contributed by atoms with van der Waals surface area (Å²) in [5, 5.41) is 0.254. The van der Waals surface area contributed by atoms with Crippen molar-refractivity contribution in [3.8, 4) is 17.2 Å². The molecule has 0 radical (unpaired) electrons. The van der Waals surface area contributed by atoms with Crippen molar-refractivity contribution in [2.75, 3.05) is 0 Å². The highest BCUT2D eigenvalue weighted by atomic mass is 32.2. The molecule has 0 bridgehead atoms. The van der Waals surface area contributed by atoms with Crippen LogP contribution in [0.15, 0.2) is 24.3 Å². The summed E-state index contributed by atoms with van der Waals surface area (Å²) in [6, 6.07) is 6.17. The van der Waals surface area contributed by atoms with Crippen LogP contribution in [0.4, 0.5) is 17.6 Å². The monoisotopic (exact) mass is 488 g/mol. The summed E-state index contributed by atoms with van der Waals surface area (Å²) in [4.78, 5) is 0. The molecular formula is C23H28F4O3SSi. The second kappa shape index (κ2) is 9.06. The lowest BCUT2D eigenvalue weighted by atomic mass is 10.0. The zero-order valence-corrected chi connectivity index (χ0v) is 21.0. The van der Waals surface area contributed by atoms with E-state index in [1.54, 1.807) is 12.1 Å². The highest BCUT2D eigenvalue weighted by molar-refractivity contribution is 7.88. The molecule has 0 spiro atoms. The fourth-order valence-electron chi connectivity index (χ4n) is 4.48. The van der Waals surface area contributed by atoms with Gasteiger partial charge in [0.05, 0.1) is 0 Å². The van der Waals surface area contributed by atoms with Crippen molar-refractivity contribution in [1.82, 2.24) is 0 Å². The van der Waals surface area contributed by atoms with Crippen molar-refractivity contribution in [1.29, 1.82) is 0 Å². The molecule has 2 aromatic rings. The Bertz CT molecular complexity index is 1150. The van der Waals surface area contributed by atoms with Gasteiger partial charge in [-0.1, -0.05) is 59.6 Å². The van der Waals surface area contributed by atoms with E-state index in [0.717, 1.165) is 0 Å². The summed E-state index contributed by atoms with van der Waals surface area (Å²) in [6.45, 7) is 14.0. The fourth-order valence-corrected chi connectivity index (χ4v) is 10.2. The van der Waals surface area contributed by atoms with Gasteiger partial charge in [0, 0.05) is 10.9 Å². The molecule has 0 N–H and O–H groups in total. The molecular weight excluding hydrogens is 460 g/mol. The molecule has 2 rings (SSSR count).